The van der Waals surface area contributed by atoms with Crippen LogP contribution in [0.1, 0.15) is 16.8 Å². The Kier molecular flexibility index (Phi) is 2.53. The predicted octanol–water partition coefficient (Wildman–Crippen LogP) is 0.919. The first kappa shape index (κ1) is 10.3. The van der Waals surface area contributed by atoms with E-state index in [1.165, 1.54) is 6.39 Å². The van der Waals surface area contributed by atoms with Crippen LogP contribution < -0.4 is 10.6 Å². The number of oxazole rings is 1. The van der Waals surface area contributed by atoms with Crippen LogP contribution in [0.2, 0.25) is 0 Å². The second-order valence-electron chi connectivity index (χ2n) is 4.20. The summed E-state index contributed by atoms with van der Waals surface area (Å²) >= 11 is 0. The molecule has 0 saturated carbocycles. The molecule has 2 heterocycles. The van der Waals surface area contributed by atoms with Crippen molar-refractivity contribution in [3.8, 4) is 0 Å². The van der Waals surface area contributed by atoms with Crippen LogP contribution in [0, 0.1) is 0 Å². The van der Waals surface area contributed by atoms with Crippen LogP contribution in [0.5, 0.6) is 0 Å². The van der Waals surface area contributed by atoms with E-state index >= 15 is 0 Å². The summed E-state index contributed by atoms with van der Waals surface area (Å²) in [6.07, 6.45) is 2.36. The van der Waals surface area contributed by atoms with Gasteiger partial charge >= 0.3 is 0 Å². The molecule has 0 radical (unpaired) electrons. The van der Waals surface area contributed by atoms with Gasteiger partial charge in [-0.25, -0.2) is 4.98 Å². The van der Waals surface area contributed by atoms with Crippen molar-refractivity contribution in [2.24, 2.45) is 0 Å². The van der Waals surface area contributed by atoms with Gasteiger partial charge in [-0.15, -0.1) is 0 Å². The first-order valence-corrected chi connectivity index (χ1v) is 5.68. The molecule has 2 aromatic rings. The monoisotopic (exact) mass is 231 g/mol. The number of rotatable bonds is 2. The van der Waals surface area contributed by atoms with Crippen LogP contribution in [0.25, 0.3) is 11.1 Å². The molecular weight excluding hydrogens is 218 g/mol. The Balaban J connectivity index is 1.79. The third-order valence-corrected chi connectivity index (χ3v) is 2.99. The first-order chi connectivity index (χ1) is 8.33. The van der Waals surface area contributed by atoms with Crippen LogP contribution in [0.15, 0.2) is 29.0 Å². The Morgan fingerprint density at radius 2 is 2.47 bits per heavy atom. The molecule has 5 nitrogen and oxygen atoms in total. The molecule has 0 spiro atoms. The van der Waals surface area contributed by atoms with E-state index in [1.54, 1.807) is 18.2 Å². The van der Waals surface area contributed by atoms with Crippen LogP contribution >= 0.6 is 0 Å². The van der Waals surface area contributed by atoms with Gasteiger partial charge in [0.15, 0.2) is 12.0 Å². The van der Waals surface area contributed by atoms with Crippen molar-refractivity contribution in [2.45, 2.75) is 12.5 Å². The maximum absolute atomic E-state index is 12.0. The van der Waals surface area contributed by atoms with Gasteiger partial charge in [-0.05, 0) is 31.2 Å². The summed E-state index contributed by atoms with van der Waals surface area (Å²) in [5.41, 5.74) is 2.02. The number of hydrogen-bond acceptors (Lipinski definition) is 4. The summed E-state index contributed by atoms with van der Waals surface area (Å²) in [7, 11) is 0. The molecule has 1 amide bonds. The van der Waals surface area contributed by atoms with Gasteiger partial charge in [0, 0.05) is 18.2 Å². The Hall–Kier alpha value is -1.88. The lowest BCUT2D eigenvalue weighted by atomic mass is 10.1. The molecule has 0 bridgehead atoms. The summed E-state index contributed by atoms with van der Waals surface area (Å²) in [5.74, 6) is -0.0583. The highest BCUT2D eigenvalue weighted by Gasteiger charge is 2.17. The molecule has 3 rings (SSSR count). The molecule has 1 aliphatic rings. The normalized spacial score (nSPS) is 19.6. The minimum absolute atomic E-state index is 0.0583. The SMILES string of the molecule is O=C(NC1CCNC1)c1ccc2ncoc2c1. The van der Waals surface area contributed by atoms with E-state index in [2.05, 4.69) is 15.6 Å². The number of nitrogens with one attached hydrogen (secondary N) is 2. The second-order valence-corrected chi connectivity index (χ2v) is 4.20. The smallest absolute Gasteiger partial charge is 0.251 e. The maximum atomic E-state index is 12.0. The fraction of sp³-hybridized carbons (Fsp3) is 0.333. The summed E-state index contributed by atoms with van der Waals surface area (Å²) < 4.78 is 5.18. The van der Waals surface area contributed by atoms with E-state index in [4.69, 9.17) is 4.42 Å². The zero-order valence-corrected chi connectivity index (χ0v) is 9.27. The van der Waals surface area contributed by atoms with E-state index in [1.807, 2.05) is 0 Å². The van der Waals surface area contributed by atoms with E-state index < -0.39 is 0 Å². The lowest BCUT2D eigenvalue weighted by molar-refractivity contribution is 0.0940. The highest BCUT2D eigenvalue weighted by atomic mass is 16.3. The van der Waals surface area contributed by atoms with Gasteiger partial charge in [-0.2, -0.15) is 0 Å². The van der Waals surface area contributed by atoms with Crippen molar-refractivity contribution < 1.29 is 9.21 Å². The van der Waals surface area contributed by atoms with Gasteiger partial charge in [0.05, 0.1) is 0 Å². The number of benzene rings is 1. The maximum Gasteiger partial charge on any atom is 0.251 e. The molecule has 17 heavy (non-hydrogen) atoms. The standard InChI is InChI=1S/C12H13N3O2/c16-12(15-9-3-4-13-6-9)8-1-2-10-11(5-8)17-7-14-10/h1-2,5,7,9,13H,3-4,6H2,(H,15,16). The molecule has 1 aromatic heterocycles. The number of nitrogens with zero attached hydrogens (tertiary/aromatic N) is 1. The number of aromatic nitrogens is 1. The quantitative estimate of drug-likeness (QED) is 0.806. The Bertz CT molecular complexity index is 543. The lowest BCUT2D eigenvalue weighted by Crippen LogP contribution is -2.36. The average molecular weight is 231 g/mol. The average Bonchev–Trinajstić information content (AvgIpc) is 2.97. The van der Waals surface area contributed by atoms with Crippen molar-refractivity contribution in [1.29, 1.82) is 0 Å². The molecule has 1 atom stereocenters. The van der Waals surface area contributed by atoms with Gasteiger partial charge in [-0.3, -0.25) is 4.79 Å². The highest BCUT2D eigenvalue weighted by molar-refractivity contribution is 5.97. The van der Waals surface area contributed by atoms with E-state index in [0.717, 1.165) is 25.0 Å². The lowest BCUT2D eigenvalue weighted by Gasteiger charge is -2.10. The molecule has 1 aliphatic heterocycles. The largest absolute Gasteiger partial charge is 0.443 e. The topological polar surface area (TPSA) is 67.2 Å². The first-order valence-electron chi connectivity index (χ1n) is 5.68. The highest BCUT2D eigenvalue weighted by Crippen LogP contribution is 2.14. The minimum atomic E-state index is -0.0583. The zero-order chi connectivity index (χ0) is 11.7. The van der Waals surface area contributed by atoms with Gasteiger partial charge in [-0.1, -0.05) is 0 Å². The molecule has 1 aromatic carbocycles. The van der Waals surface area contributed by atoms with Crippen LogP contribution in [0.3, 0.4) is 0 Å². The van der Waals surface area contributed by atoms with Gasteiger partial charge in [0.1, 0.15) is 5.52 Å². The van der Waals surface area contributed by atoms with Crippen molar-refractivity contribution in [1.82, 2.24) is 15.6 Å². The zero-order valence-electron chi connectivity index (χ0n) is 9.27. The molecule has 2 N–H and O–H groups in total. The van der Waals surface area contributed by atoms with E-state index in [0.29, 0.717) is 11.1 Å². The summed E-state index contributed by atoms with van der Waals surface area (Å²) in [6, 6.07) is 5.51. The Morgan fingerprint density at radius 3 is 3.29 bits per heavy atom. The minimum Gasteiger partial charge on any atom is -0.443 e. The summed E-state index contributed by atoms with van der Waals surface area (Å²) in [5, 5.41) is 6.20. The second kappa shape index (κ2) is 4.18. The fourth-order valence-corrected chi connectivity index (χ4v) is 2.04. The summed E-state index contributed by atoms with van der Waals surface area (Å²) in [4.78, 5) is 16.0. The molecule has 88 valence electrons. The van der Waals surface area contributed by atoms with Crippen molar-refractivity contribution in [2.75, 3.05) is 13.1 Å². The Labute approximate surface area is 98.2 Å². The molecule has 1 unspecified atom stereocenters. The van der Waals surface area contributed by atoms with E-state index in [-0.39, 0.29) is 11.9 Å². The van der Waals surface area contributed by atoms with Crippen molar-refractivity contribution >= 4 is 17.0 Å². The molecule has 1 fully saturated rings. The molecule has 1 saturated heterocycles. The third-order valence-electron chi connectivity index (χ3n) is 2.99. The molecule has 5 heteroatoms. The number of amides is 1. The van der Waals surface area contributed by atoms with Crippen molar-refractivity contribution in [3.63, 3.8) is 0 Å². The third kappa shape index (κ3) is 2.01. The van der Waals surface area contributed by atoms with Crippen LogP contribution in [-0.2, 0) is 0 Å². The Morgan fingerprint density at radius 1 is 1.53 bits per heavy atom. The number of carbonyl (C=O) groups excluding carboxylic acids is 1. The predicted molar refractivity (Wildman–Crippen MR) is 62.7 cm³/mol. The number of hydrogen-bond donors (Lipinski definition) is 2. The molecular formula is C12H13N3O2. The molecule has 0 aliphatic carbocycles. The van der Waals surface area contributed by atoms with Gasteiger partial charge < -0.3 is 15.1 Å². The van der Waals surface area contributed by atoms with Gasteiger partial charge in [0.2, 0.25) is 0 Å². The number of carbonyl (C=O) groups is 1. The van der Waals surface area contributed by atoms with Crippen LogP contribution in [-0.4, -0.2) is 30.0 Å². The van der Waals surface area contributed by atoms with Crippen LogP contribution in [0.4, 0.5) is 0 Å². The van der Waals surface area contributed by atoms with Crippen molar-refractivity contribution in [3.05, 3.63) is 30.2 Å². The number of fused-ring (bicyclic) bond motifs is 1. The summed E-state index contributed by atoms with van der Waals surface area (Å²) in [6.45, 7) is 1.81. The van der Waals surface area contributed by atoms with E-state index in [9.17, 15) is 4.79 Å². The van der Waals surface area contributed by atoms with Gasteiger partial charge in [0.25, 0.3) is 5.91 Å². The fourth-order valence-electron chi connectivity index (χ4n) is 2.04.